The molecule has 1 aliphatic rings. The van der Waals surface area contributed by atoms with Crippen molar-refractivity contribution in [2.75, 3.05) is 40.4 Å². The second kappa shape index (κ2) is 8.23. The molecule has 2 aromatic rings. The number of phenols is 1. The minimum absolute atomic E-state index is 0.0743. The maximum atomic E-state index is 10.2. The summed E-state index contributed by atoms with van der Waals surface area (Å²) in [6.07, 6.45) is 0. The Hall–Kier alpha value is -2.24. The zero-order valence-corrected chi connectivity index (χ0v) is 14.9. The van der Waals surface area contributed by atoms with Crippen molar-refractivity contribution in [1.82, 2.24) is 9.80 Å². The van der Waals surface area contributed by atoms with E-state index >= 15 is 0 Å². The van der Waals surface area contributed by atoms with E-state index in [0.717, 1.165) is 44.8 Å². The molecule has 1 heterocycles. The van der Waals surface area contributed by atoms with Gasteiger partial charge in [0.2, 0.25) is 5.75 Å². The molecule has 0 amide bonds. The van der Waals surface area contributed by atoms with Crippen LogP contribution in [-0.2, 0) is 13.1 Å². The first kappa shape index (κ1) is 17.6. The summed E-state index contributed by atoms with van der Waals surface area (Å²) in [4.78, 5) is 4.87. The predicted molar refractivity (Wildman–Crippen MR) is 98.2 cm³/mol. The van der Waals surface area contributed by atoms with Gasteiger partial charge in [0.25, 0.3) is 0 Å². The fourth-order valence-corrected chi connectivity index (χ4v) is 3.30. The highest BCUT2D eigenvalue weighted by Gasteiger charge is 2.20. The highest BCUT2D eigenvalue weighted by atomic mass is 16.5. The third-order valence-corrected chi connectivity index (χ3v) is 4.71. The van der Waals surface area contributed by atoms with Crippen molar-refractivity contribution in [3.8, 4) is 17.2 Å². The van der Waals surface area contributed by atoms with Crippen LogP contribution >= 0.6 is 0 Å². The van der Waals surface area contributed by atoms with Gasteiger partial charge in [-0.3, -0.25) is 9.80 Å². The summed E-state index contributed by atoms with van der Waals surface area (Å²) < 4.78 is 10.5. The number of piperazine rings is 1. The number of phenolic OH excluding ortho intramolecular Hbond substituents is 1. The lowest BCUT2D eigenvalue weighted by Gasteiger charge is -2.35. The van der Waals surface area contributed by atoms with Crippen LogP contribution in [0.25, 0.3) is 0 Å². The third kappa shape index (κ3) is 4.24. The molecular weight excluding hydrogens is 316 g/mol. The van der Waals surface area contributed by atoms with Gasteiger partial charge in [0.15, 0.2) is 11.5 Å². The van der Waals surface area contributed by atoms with Crippen molar-refractivity contribution in [3.63, 3.8) is 0 Å². The van der Waals surface area contributed by atoms with E-state index in [4.69, 9.17) is 9.47 Å². The van der Waals surface area contributed by atoms with Crippen LogP contribution in [0.5, 0.6) is 17.2 Å². The summed E-state index contributed by atoms with van der Waals surface area (Å²) in [6.45, 7) is 5.85. The lowest BCUT2D eigenvalue weighted by Crippen LogP contribution is -2.45. The number of hydrogen-bond acceptors (Lipinski definition) is 5. The van der Waals surface area contributed by atoms with Crippen LogP contribution in [0.3, 0.4) is 0 Å². The van der Waals surface area contributed by atoms with E-state index in [1.807, 2.05) is 6.07 Å². The van der Waals surface area contributed by atoms with Crippen LogP contribution in [0.1, 0.15) is 11.1 Å². The van der Waals surface area contributed by atoms with Gasteiger partial charge in [-0.1, -0.05) is 36.4 Å². The lowest BCUT2D eigenvalue weighted by atomic mass is 10.1. The van der Waals surface area contributed by atoms with Gasteiger partial charge in [-0.05, 0) is 11.6 Å². The number of hydrogen-bond donors (Lipinski definition) is 1. The molecule has 3 rings (SSSR count). The molecule has 1 fully saturated rings. The van der Waals surface area contributed by atoms with Crippen LogP contribution < -0.4 is 9.47 Å². The summed E-state index contributed by atoms with van der Waals surface area (Å²) in [6, 6.07) is 14.3. The molecule has 5 nitrogen and oxygen atoms in total. The summed E-state index contributed by atoms with van der Waals surface area (Å²) in [5, 5.41) is 10.2. The van der Waals surface area contributed by atoms with Crippen molar-refractivity contribution in [3.05, 3.63) is 53.6 Å². The second-order valence-electron chi connectivity index (χ2n) is 6.35. The van der Waals surface area contributed by atoms with Crippen LogP contribution in [0.15, 0.2) is 42.5 Å². The highest BCUT2D eigenvalue weighted by Crippen LogP contribution is 2.39. The first-order valence-corrected chi connectivity index (χ1v) is 8.62. The third-order valence-electron chi connectivity index (χ3n) is 4.71. The van der Waals surface area contributed by atoms with Gasteiger partial charge in [-0.15, -0.1) is 0 Å². The maximum Gasteiger partial charge on any atom is 0.201 e. The van der Waals surface area contributed by atoms with E-state index in [9.17, 15) is 5.11 Å². The van der Waals surface area contributed by atoms with E-state index in [1.165, 1.54) is 5.56 Å². The van der Waals surface area contributed by atoms with Gasteiger partial charge < -0.3 is 14.6 Å². The summed E-state index contributed by atoms with van der Waals surface area (Å²) in [5.41, 5.74) is 2.34. The Labute approximate surface area is 149 Å². The fraction of sp³-hybridized carbons (Fsp3) is 0.400. The largest absolute Gasteiger partial charge is 0.502 e. The first-order chi connectivity index (χ1) is 12.2. The summed E-state index contributed by atoms with van der Waals surface area (Å²) >= 11 is 0. The smallest absolute Gasteiger partial charge is 0.201 e. The zero-order valence-electron chi connectivity index (χ0n) is 14.9. The van der Waals surface area contributed by atoms with E-state index in [-0.39, 0.29) is 5.75 Å². The van der Waals surface area contributed by atoms with Crippen LogP contribution in [0.4, 0.5) is 0 Å². The molecule has 1 saturated heterocycles. The van der Waals surface area contributed by atoms with Crippen molar-refractivity contribution in [1.29, 1.82) is 0 Å². The van der Waals surface area contributed by atoms with E-state index < -0.39 is 0 Å². The minimum atomic E-state index is 0.0743. The normalized spacial score (nSPS) is 15.9. The standard InChI is InChI=1S/C20H26N2O3/c1-24-18-9-8-17(20(25-2)19(18)23)15-22-12-10-21(11-13-22)14-16-6-4-3-5-7-16/h3-9,23H,10-15H2,1-2H3. The Kier molecular flexibility index (Phi) is 5.79. The Morgan fingerprint density at radius 3 is 2.08 bits per heavy atom. The molecule has 1 N–H and O–H groups in total. The lowest BCUT2D eigenvalue weighted by molar-refractivity contribution is 0.121. The van der Waals surface area contributed by atoms with Gasteiger partial charge in [-0.25, -0.2) is 0 Å². The molecule has 5 heteroatoms. The molecule has 0 aromatic heterocycles. The molecule has 1 aliphatic heterocycles. The molecular formula is C20H26N2O3. The highest BCUT2D eigenvalue weighted by molar-refractivity contribution is 5.54. The average Bonchev–Trinajstić information content (AvgIpc) is 2.65. The number of rotatable bonds is 6. The summed E-state index contributed by atoms with van der Waals surface area (Å²) in [7, 11) is 3.12. The van der Waals surface area contributed by atoms with Crippen molar-refractivity contribution < 1.29 is 14.6 Å². The van der Waals surface area contributed by atoms with Gasteiger partial charge in [0, 0.05) is 44.8 Å². The first-order valence-electron chi connectivity index (χ1n) is 8.62. The Bertz CT molecular complexity index is 683. The Morgan fingerprint density at radius 1 is 0.840 bits per heavy atom. The molecule has 0 aliphatic carbocycles. The number of ether oxygens (including phenoxy) is 2. The second-order valence-corrected chi connectivity index (χ2v) is 6.35. The number of benzene rings is 2. The number of aromatic hydroxyl groups is 1. The zero-order chi connectivity index (χ0) is 17.6. The SMILES string of the molecule is COc1ccc(CN2CCN(Cc3ccccc3)CC2)c(OC)c1O. The molecule has 0 radical (unpaired) electrons. The molecule has 0 spiro atoms. The van der Waals surface area contributed by atoms with Crippen molar-refractivity contribution in [2.24, 2.45) is 0 Å². The van der Waals surface area contributed by atoms with Crippen LogP contribution in [0, 0.1) is 0 Å². The van der Waals surface area contributed by atoms with E-state index in [0.29, 0.717) is 11.5 Å². The molecule has 0 bridgehead atoms. The summed E-state index contributed by atoms with van der Waals surface area (Å²) in [5.74, 6) is 1.02. The topological polar surface area (TPSA) is 45.2 Å². The minimum Gasteiger partial charge on any atom is -0.502 e. The Balaban J connectivity index is 1.58. The van der Waals surface area contributed by atoms with Crippen molar-refractivity contribution >= 4 is 0 Å². The molecule has 0 atom stereocenters. The van der Waals surface area contributed by atoms with Crippen LogP contribution in [0.2, 0.25) is 0 Å². The van der Waals surface area contributed by atoms with E-state index in [1.54, 1.807) is 20.3 Å². The Morgan fingerprint density at radius 2 is 1.48 bits per heavy atom. The number of nitrogens with zero attached hydrogens (tertiary/aromatic N) is 2. The monoisotopic (exact) mass is 342 g/mol. The van der Waals surface area contributed by atoms with Crippen LogP contribution in [-0.4, -0.2) is 55.3 Å². The van der Waals surface area contributed by atoms with Gasteiger partial charge in [-0.2, -0.15) is 0 Å². The molecule has 2 aromatic carbocycles. The quantitative estimate of drug-likeness (QED) is 0.874. The fourth-order valence-electron chi connectivity index (χ4n) is 3.30. The van der Waals surface area contributed by atoms with Gasteiger partial charge in [0.05, 0.1) is 14.2 Å². The average molecular weight is 342 g/mol. The predicted octanol–water partition coefficient (Wildman–Crippen LogP) is 2.73. The molecule has 134 valence electrons. The number of methoxy groups -OCH3 is 2. The van der Waals surface area contributed by atoms with Crippen molar-refractivity contribution in [2.45, 2.75) is 13.1 Å². The molecule has 0 unspecified atom stereocenters. The molecule has 0 saturated carbocycles. The van der Waals surface area contributed by atoms with Gasteiger partial charge in [0.1, 0.15) is 0 Å². The molecule has 25 heavy (non-hydrogen) atoms. The van der Waals surface area contributed by atoms with Gasteiger partial charge >= 0.3 is 0 Å². The van der Waals surface area contributed by atoms with E-state index in [2.05, 4.69) is 40.1 Å². The maximum absolute atomic E-state index is 10.2.